The lowest BCUT2D eigenvalue weighted by Gasteiger charge is -2.27. The van der Waals surface area contributed by atoms with Gasteiger partial charge in [0.2, 0.25) is 0 Å². The highest BCUT2D eigenvalue weighted by molar-refractivity contribution is 5.92. The fraction of sp³-hybridized carbons (Fsp3) is 0.333. The van der Waals surface area contributed by atoms with Gasteiger partial charge in [0.05, 0.1) is 18.7 Å². The molecule has 0 aliphatic heterocycles. The lowest BCUT2D eigenvalue weighted by molar-refractivity contribution is -0.130. The van der Waals surface area contributed by atoms with E-state index in [1.54, 1.807) is 0 Å². The summed E-state index contributed by atoms with van der Waals surface area (Å²) in [5.41, 5.74) is 2.36. The van der Waals surface area contributed by atoms with Crippen molar-refractivity contribution in [3.05, 3.63) is 65.0 Å². The molecule has 142 valence electrons. The number of rotatable bonds is 5. The van der Waals surface area contributed by atoms with Crippen LogP contribution in [0.3, 0.4) is 0 Å². The van der Waals surface area contributed by atoms with Crippen molar-refractivity contribution in [1.29, 1.82) is 0 Å². The van der Waals surface area contributed by atoms with Crippen molar-refractivity contribution in [3.63, 3.8) is 0 Å². The first-order chi connectivity index (χ1) is 13.0. The van der Waals surface area contributed by atoms with Crippen LogP contribution in [-0.4, -0.2) is 25.1 Å². The highest BCUT2D eigenvalue weighted by Gasteiger charge is 2.25. The number of carbonyl (C=O) groups is 2. The molecule has 0 bridgehead atoms. The minimum Gasteiger partial charge on any atom is -0.494 e. The number of halogens is 1. The van der Waals surface area contributed by atoms with E-state index in [0.717, 1.165) is 30.9 Å². The van der Waals surface area contributed by atoms with Gasteiger partial charge in [-0.2, -0.15) is 0 Å². The molecule has 0 unspecified atom stereocenters. The Kier molecular flexibility index (Phi) is 5.74. The van der Waals surface area contributed by atoms with Crippen molar-refractivity contribution in [2.24, 2.45) is 0 Å². The molecule has 0 saturated carbocycles. The maximum Gasteiger partial charge on any atom is 0.339 e. The first-order valence-electron chi connectivity index (χ1n) is 8.92. The van der Waals surface area contributed by atoms with Crippen LogP contribution in [-0.2, 0) is 16.0 Å². The summed E-state index contributed by atoms with van der Waals surface area (Å²) in [6.45, 7) is 1.50. The van der Waals surface area contributed by atoms with E-state index >= 15 is 0 Å². The molecular formula is C21H22FNO4. The van der Waals surface area contributed by atoms with Crippen molar-refractivity contribution >= 4 is 11.9 Å². The van der Waals surface area contributed by atoms with Crippen molar-refractivity contribution in [1.82, 2.24) is 5.32 Å². The molecule has 3 rings (SSSR count). The summed E-state index contributed by atoms with van der Waals surface area (Å²) in [7, 11) is 1.34. The highest BCUT2D eigenvalue weighted by Crippen LogP contribution is 2.29. The topological polar surface area (TPSA) is 64.6 Å². The first kappa shape index (κ1) is 18.9. The summed E-state index contributed by atoms with van der Waals surface area (Å²) in [5, 5.41) is 2.95. The van der Waals surface area contributed by atoms with E-state index < -0.39 is 17.9 Å². The Morgan fingerprint density at radius 2 is 2.00 bits per heavy atom. The van der Waals surface area contributed by atoms with Crippen LogP contribution in [0.25, 0.3) is 0 Å². The predicted octanol–water partition coefficient (Wildman–Crippen LogP) is 3.57. The van der Waals surface area contributed by atoms with Crippen molar-refractivity contribution in [2.75, 3.05) is 7.11 Å². The summed E-state index contributed by atoms with van der Waals surface area (Å²) in [6.07, 6.45) is 1.83. The van der Waals surface area contributed by atoms with Gasteiger partial charge < -0.3 is 14.8 Å². The number of hydrogen-bond acceptors (Lipinski definition) is 4. The fourth-order valence-corrected chi connectivity index (χ4v) is 3.27. The first-order valence-corrected chi connectivity index (χ1v) is 8.92. The van der Waals surface area contributed by atoms with Crippen LogP contribution in [0, 0.1) is 5.82 Å². The average Bonchev–Trinajstić information content (AvgIpc) is 2.68. The molecule has 2 aromatic rings. The maximum absolute atomic E-state index is 13.7. The summed E-state index contributed by atoms with van der Waals surface area (Å²) in [4.78, 5) is 24.7. The molecule has 2 aromatic carbocycles. The molecule has 0 radical (unpaired) electrons. The third kappa shape index (κ3) is 4.27. The van der Waals surface area contributed by atoms with E-state index in [-0.39, 0.29) is 23.3 Å². The van der Waals surface area contributed by atoms with Crippen LogP contribution < -0.4 is 10.1 Å². The summed E-state index contributed by atoms with van der Waals surface area (Å²) >= 11 is 0. The van der Waals surface area contributed by atoms with E-state index in [1.165, 1.54) is 31.7 Å². The normalized spacial score (nSPS) is 16.8. The van der Waals surface area contributed by atoms with Gasteiger partial charge in [-0.05, 0) is 55.5 Å². The second-order valence-corrected chi connectivity index (χ2v) is 6.55. The van der Waals surface area contributed by atoms with Crippen molar-refractivity contribution in [3.8, 4) is 5.75 Å². The Morgan fingerprint density at radius 1 is 1.22 bits per heavy atom. The molecule has 2 atom stereocenters. The zero-order valence-electron chi connectivity index (χ0n) is 15.3. The number of hydrogen-bond donors (Lipinski definition) is 1. The van der Waals surface area contributed by atoms with Gasteiger partial charge in [-0.15, -0.1) is 0 Å². The molecule has 0 spiro atoms. The number of esters is 1. The number of amides is 1. The van der Waals surface area contributed by atoms with Gasteiger partial charge in [-0.25, -0.2) is 9.18 Å². The number of ether oxygens (including phenoxy) is 2. The molecule has 27 heavy (non-hydrogen) atoms. The largest absolute Gasteiger partial charge is 0.494 e. The quantitative estimate of drug-likeness (QED) is 0.816. The molecule has 1 aliphatic carbocycles. The molecule has 1 amide bonds. The van der Waals surface area contributed by atoms with Crippen LogP contribution >= 0.6 is 0 Å². The Bertz CT molecular complexity index is 852. The smallest absolute Gasteiger partial charge is 0.339 e. The van der Waals surface area contributed by atoms with E-state index in [1.807, 2.05) is 18.2 Å². The highest BCUT2D eigenvalue weighted by atomic mass is 19.1. The summed E-state index contributed by atoms with van der Waals surface area (Å²) < 4.78 is 23.8. The summed E-state index contributed by atoms with van der Waals surface area (Å²) in [6, 6.07) is 11.7. The van der Waals surface area contributed by atoms with Crippen LogP contribution in [0.15, 0.2) is 42.5 Å². The SMILES string of the molecule is COc1ccc(C(=O)O[C@H](C)C(=O)N[C@@H]2CCCc3ccccc32)cc1F. The molecule has 0 saturated heterocycles. The Hall–Kier alpha value is -2.89. The van der Waals surface area contributed by atoms with Crippen LogP contribution in [0.2, 0.25) is 0 Å². The number of methoxy groups -OCH3 is 1. The van der Waals surface area contributed by atoms with Gasteiger partial charge in [0, 0.05) is 0 Å². The van der Waals surface area contributed by atoms with Gasteiger partial charge in [0.25, 0.3) is 5.91 Å². The molecule has 1 N–H and O–H groups in total. The third-order valence-electron chi connectivity index (χ3n) is 4.73. The van der Waals surface area contributed by atoms with Crippen LogP contribution in [0.4, 0.5) is 4.39 Å². The molecule has 5 nitrogen and oxygen atoms in total. The molecule has 0 heterocycles. The Balaban J connectivity index is 1.63. The van der Waals surface area contributed by atoms with E-state index in [2.05, 4.69) is 11.4 Å². The van der Waals surface area contributed by atoms with Crippen molar-refractivity contribution in [2.45, 2.75) is 38.3 Å². The predicted molar refractivity (Wildman–Crippen MR) is 98.1 cm³/mol. The van der Waals surface area contributed by atoms with Crippen LogP contribution in [0.1, 0.15) is 47.3 Å². The third-order valence-corrected chi connectivity index (χ3v) is 4.73. The minimum atomic E-state index is -0.989. The van der Waals surface area contributed by atoms with E-state index in [0.29, 0.717) is 0 Å². The number of nitrogens with one attached hydrogen (secondary N) is 1. The fourth-order valence-electron chi connectivity index (χ4n) is 3.27. The van der Waals surface area contributed by atoms with E-state index in [4.69, 9.17) is 9.47 Å². The lowest BCUT2D eigenvalue weighted by Crippen LogP contribution is -2.39. The molecule has 0 aromatic heterocycles. The van der Waals surface area contributed by atoms with Crippen molar-refractivity contribution < 1.29 is 23.5 Å². The van der Waals surface area contributed by atoms with Gasteiger partial charge in [-0.3, -0.25) is 4.79 Å². The monoisotopic (exact) mass is 371 g/mol. The number of aryl methyl sites for hydroxylation is 1. The Morgan fingerprint density at radius 3 is 2.74 bits per heavy atom. The van der Waals surface area contributed by atoms with Gasteiger partial charge >= 0.3 is 5.97 Å². The zero-order valence-corrected chi connectivity index (χ0v) is 15.3. The Labute approximate surface area is 157 Å². The molecule has 1 aliphatic rings. The van der Waals surface area contributed by atoms with E-state index in [9.17, 15) is 14.0 Å². The average molecular weight is 371 g/mol. The molecule has 0 fully saturated rings. The number of carbonyl (C=O) groups excluding carboxylic acids is 2. The number of benzene rings is 2. The lowest BCUT2D eigenvalue weighted by atomic mass is 9.87. The summed E-state index contributed by atoms with van der Waals surface area (Å²) in [5.74, 6) is -1.77. The standard InChI is InChI=1S/C21H22FNO4/c1-13(27-21(25)15-10-11-19(26-2)17(22)12-15)20(24)23-18-9-5-7-14-6-3-4-8-16(14)18/h3-4,6,8,10-13,18H,5,7,9H2,1-2H3,(H,23,24)/t13-,18-/m1/s1. The zero-order chi connectivity index (χ0) is 19.4. The second-order valence-electron chi connectivity index (χ2n) is 6.55. The minimum absolute atomic E-state index is 0.0240. The van der Waals surface area contributed by atoms with Gasteiger partial charge in [-0.1, -0.05) is 24.3 Å². The van der Waals surface area contributed by atoms with Crippen LogP contribution in [0.5, 0.6) is 5.75 Å². The number of fused-ring (bicyclic) bond motifs is 1. The van der Waals surface area contributed by atoms with Gasteiger partial charge in [0.15, 0.2) is 17.7 Å². The molecule has 6 heteroatoms. The van der Waals surface area contributed by atoms with Gasteiger partial charge in [0.1, 0.15) is 0 Å². The molecular weight excluding hydrogens is 349 g/mol. The second kappa shape index (κ2) is 8.20. The maximum atomic E-state index is 13.7.